The quantitative estimate of drug-likeness (QED) is 0.849. The van der Waals surface area contributed by atoms with E-state index in [9.17, 15) is 9.59 Å². The summed E-state index contributed by atoms with van der Waals surface area (Å²) in [5, 5.41) is 6.27. The zero-order valence-corrected chi connectivity index (χ0v) is 15.9. The van der Waals surface area contributed by atoms with Crippen molar-refractivity contribution in [2.24, 2.45) is 0 Å². The first-order chi connectivity index (χ1) is 12.3. The zero-order chi connectivity index (χ0) is 18.8. The van der Waals surface area contributed by atoms with Crippen LogP contribution in [0.4, 0.5) is 16.2 Å². The minimum atomic E-state index is -0.338. The number of anilines is 2. The Morgan fingerprint density at radius 1 is 1.15 bits per heavy atom. The number of amides is 3. The molecule has 3 rings (SSSR count). The van der Waals surface area contributed by atoms with Crippen LogP contribution in [0.2, 0.25) is 5.02 Å². The lowest BCUT2D eigenvalue weighted by molar-refractivity contribution is -0.117. The summed E-state index contributed by atoms with van der Waals surface area (Å²) in [6.45, 7) is 6.37. The van der Waals surface area contributed by atoms with Crippen LogP contribution in [-0.4, -0.2) is 24.5 Å². The van der Waals surface area contributed by atoms with Crippen LogP contribution in [0.25, 0.3) is 0 Å². The molecular weight excluding hydrogens is 350 g/mol. The fraction of sp³-hybridized carbons (Fsp3) is 0.300. The molecule has 2 aromatic rings. The highest BCUT2D eigenvalue weighted by Crippen LogP contribution is 2.25. The Balaban J connectivity index is 1.64. The molecule has 6 heteroatoms. The van der Waals surface area contributed by atoms with E-state index >= 15 is 0 Å². The average molecular weight is 372 g/mol. The van der Waals surface area contributed by atoms with Crippen molar-refractivity contribution in [1.82, 2.24) is 5.32 Å². The SMILES string of the molecule is Cc1ccc(N2CC(NC(=O)Nc3cccc(Cl)c3C)CC2=O)cc1C. The summed E-state index contributed by atoms with van der Waals surface area (Å²) >= 11 is 6.07. The second-order valence-corrected chi connectivity index (χ2v) is 7.09. The second kappa shape index (κ2) is 7.38. The Bertz CT molecular complexity index is 866. The molecule has 0 saturated carbocycles. The predicted molar refractivity (Wildman–Crippen MR) is 105 cm³/mol. The van der Waals surface area contributed by atoms with E-state index in [0.717, 1.165) is 16.8 Å². The lowest BCUT2D eigenvalue weighted by Gasteiger charge is -2.19. The van der Waals surface area contributed by atoms with Crippen LogP contribution in [-0.2, 0) is 4.79 Å². The summed E-state index contributed by atoms with van der Waals surface area (Å²) in [7, 11) is 0. The average Bonchev–Trinajstić information content (AvgIpc) is 2.94. The fourth-order valence-corrected chi connectivity index (χ4v) is 3.21. The van der Waals surface area contributed by atoms with Gasteiger partial charge in [0.15, 0.2) is 0 Å². The highest BCUT2D eigenvalue weighted by atomic mass is 35.5. The molecular formula is C20H22ClN3O2. The summed E-state index contributed by atoms with van der Waals surface area (Å²) in [5.74, 6) is 0.0116. The van der Waals surface area contributed by atoms with Crippen LogP contribution in [0, 0.1) is 20.8 Å². The molecule has 1 aliphatic heterocycles. The van der Waals surface area contributed by atoms with E-state index in [-0.39, 0.29) is 24.4 Å². The molecule has 2 N–H and O–H groups in total. The first-order valence-electron chi connectivity index (χ1n) is 8.55. The van der Waals surface area contributed by atoms with Gasteiger partial charge < -0.3 is 15.5 Å². The lowest BCUT2D eigenvalue weighted by Crippen LogP contribution is -2.39. The van der Waals surface area contributed by atoms with Crippen molar-refractivity contribution < 1.29 is 9.59 Å². The number of urea groups is 1. The van der Waals surface area contributed by atoms with Gasteiger partial charge in [0.25, 0.3) is 0 Å². The van der Waals surface area contributed by atoms with Gasteiger partial charge in [0.2, 0.25) is 5.91 Å². The highest BCUT2D eigenvalue weighted by molar-refractivity contribution is 6.31. The number of nitrogens with zero attached hydrogens (tertiary/aromatic N) is 1. The molecule has 26 heavy (non-hydrogen) atoms. The number of carbonyl (C=O) groups excluding carboxylic acids is 2. The number of hydrogen-bond donors (Lipinski definition) is 2. The van der Waals surface area contributed by atoms with Gasteiger partial charge in [0, 0.05) is 29.4 Å². The zero-order valence-electron chi connectivity index (χ0n) is 15.1. The van der Waals surface area contributed by atoms with Gasteiger partial charge in [-0.2, -0.15) is 0 Å². The Hall–Kier alpha value is -2.53. The Labute approximate surface area is 158 Å². The van der Waals surface area contributed by atoms with Gasteiger partial charge in [0.05, 0.1) is 6.04 Å². The summed E-state index contributed by atoms with van der Waals surface area (Å²) in [4.78, 5) is 26.4. The molecule has 1 fully saturated rings. The smallest absolute Gasteiger partial charge is 0.319 e. The minimum Gasteiger partial charge on any atom is -0.333 e. The van der Waals surface area contributed by atoms with Gasteiger partial charge in [-0.15, -0.1) is 0 Å². The van der Waals surface area contributed by atoms with Crippen LogP contribution >= 0.6 is 11.6 Å². The van der Waals surface area contributed by atoms with Crippen molar-refractivity contribution >= 4 is 34.9 Å². The third kappa shape index (κ3) is 3.83. The molecule has 0 bridgehead atoms. The molecule has 1 saturated heterocycles. The second-order valence-electron chi connectivity index (χ2n) is 6.68. The molecule has 1 unspecified atom stereocenters. The Kier molecular flexibility index (Phi) is 5.18. The number of hydrogen-bond acceptors (Lipinski definition) is 2. The van der Waals surface area contributed by atoms with Crippen LogP contribution in [0.15, 0.2) is 36.4 Å². The van der Waals surface area contributed by atoms with E-state index in [2.05, 4.69) is 10.6 Å². The maximum Gasteiger partial charge on any atom is 0.319 e. The van der Waals surface area contributed by atoms with Crippen molar-refractivity contribution in [3.63, 3.8) is 0 Å². The van der Waals surface area contributed by atoms with E-state index in [1.807, 2.05) is 39.0 Å². The van der Waals surface area contributed by atoms with Gasteiger partial charge in [-0.1, -0.05) is 23.7 Å². The van der Waals surface area contributed by atoms with E-state index in [1.165, 1.54) is 5.56 Å². The van der Waals surface area contributed by atoms with Gasteiger partial charge in [-0.25, -0.2) is 4.79 Å². The van der Waals surface area contributed by atoms with Gasteiger partial charge in [0.1, 0.15) is 0 Å². The van der Waals surface area contributed by atoms with Crippen LogP contribution in [0.5, 0.6) is 0 Å². The largest absolute Gasteiger partial charge is 0.333 e. The van der Waals surface area contributed by atoms with Crippen molar-refractivity contribution in [1.29, 1.82) is 0 Å². The summed E-state index contributed by atoms with van der Waals surface area (Å²) in [6.07, 6.45) is 0.287. The van der Waals surface area contributed by atoms with E-state index in [4.69, 9.17) is 11.6 Å². The summed E-state index contributed by atoms with van der Waals surface area (Å²) in [6, 6.07) is 10.7. The number of benzene rings is 2. The van der Waals surface area contributed by atoms with Crippen molar-refractivity contribution in [2.45, 2.75) is 33.2 Å². The molecule has 5 nitrogen and oxygen atoms in total. The maximum absolute atomic E-state index is 12.4. The standard InChI is InChI=1S/C20H22ClN3O2/c1-12-7-8-16(9-13(12)2)24-11-15(10-19(24)25)22-20(26)23-18-6-4-5-17(21)14(18)3/h4-9,15H,10-11H2,1-3H3,(H2,22,23,26). The Morgan fingerprint density at radius 3 is 2.65 bits per heavy atom. The molecule has 0 aliphatic carbocycles. The molecule has 0 radical (unpaired) electrons. The number of aryl methyl sites for hydroxylation is 2. The lowest BCUT2D eigenvalue weighted by atomic mass is 10.1. The van der Waals surface area contributed by atoms with Gasteiger partial charge in [-0.05, 0) is 61.7 Å². The topological polar surface area (TPSA) is 61.4 Å². The number of nitrogens with one attached hydrogen (secondary N) is 2. The summed E-state index contributed by atoms with van der Waals surface area (Å²) in [5.41, 5.74) is 4.66. The van der Waals surface area contributed by atoms with Crippen molar-refractivity contribution in [3.05, 3.63) is 58.1 Å². The van der Waals surface area contributed by atoms with E-state index in [1.54, 1.807) is 23.1 Å². The normalized spacial score (nSPS) is 16.7. The van der Waals surface area contributed by atoms with Crippen LogP contribution in [0.3, 0.4) is 0 Å². The Morgan fingerprint density at radius 2 is 1.92 bits per heavy atom. The highest BCUT2D eigenvalue weighted by Gasteiger charge is 2.31. The number of carbonyl (C=O) groups is 2. The molecule has 2 aromatic carbocycles. The molecule has 0 spiro atoms. The first kappa shape index (κ1) is 18.3. The van der Waals surface area contributed by atoms with Crippen LogP contribution in [0.1, 0.15) is 23.1 Å². The van der Waals surface area contributed by atoms with Crippen molar-refractivity contribution in [2.75, 3.05) is 16.8 Å². The third-order valence-corrected chi connectivity index (χ3v) is 5.19. The third-order valence-electron chi connectivity index (χ3n) is 4.78. The van der Waals surface area contributed by atoms with Crippen molar-refractivity contribution in [3.8, 4) is 0 Å². The van der Waals surface area contributed by atoms with E-state index in [0.29, 0.717) is 17.3 Å². The molecule has 1 atom stereocenters. The molecule has 1 heterocycles. The summed E-state index contributed by atoms with van der Waals surface area (Å²) < 4.78 is 0. The first-order valence-corrected chi connectivity index (χ1v) is 8.93. The fourth-order valence-electron chi connectivity index (χ4n) is 3.03. The minimum absolute atomic E-state index is 0.0116. The number of rotatable bonds is 3. The van der Waals surface area contributed by atoms with E-state index < -0.39 is 0 Å². The number of halogens is 1. The van der Waals surface area contributed by atoms with Gasteiger partial charge >= 0.3 is 6.03 Å². The van der Waals surface area contributed by atoms with Crippen LogP contribution < -0.4 is 15.5 Å². The monoisotopic (exact) mass is 371 g/mol. The maximum atomic E-state index is 12.4. The predicted octanol–water partition coefficient (Wildman–Crippen LogP) is 4.19. The molecule has 1 aliphatic rings. The molecule has 3 amide bonds. The van der Waals surface area contributed by atoms with Gasteiger partial charge in [-0.3, -0.25) is 4.79 Å². The molecule has 0 aromatic heterocycles. The molecule has 136 valence electrons.